The summed E-state index contributed by atoms with van der Waals surface area (Å²) < 4.78 is 11.8. The number of halogens is 1. The van der Waals surface area contributed by atoms with Crippen LogP contribution in [0.2, 0.25) is 5.02 Å². The van der Waals surface area contributed by atoms with Crippen LogP contribution in [0.15, 0.2) is 42.5 Å². The molecule has 1 heterocycles. The van der Waals surface area contributed by atoms with Crippen molar-refractivity contribution in [1.29, 1.82) is 0 Å². The summed E-state index contributed by atoms with van der Waals surface area (Å²) in [4.78, 5) is 0. The van der Waals surface area contributed by atoms with Crippen LogP contribution in [0.1, 0.15) is 49.5 Å². The lowest BCUT2D eigenvalue weighted by Gasteiger charge is -2.40. The molecule has 1 saturated carbocycles. The van der Waals surface area contributed by atoms with Crippen molar-refractivity contribution in [3.05, 3.63) is 64.2 Å². The molecule has 1 aliphatic carbocycles. The van der Waals surface area contributed by atoms with E-state index >= 15 is 0 Å². The minimum Gasteiger partial charge on any atom is -0.490 e. The van der Waals surface area contributed by atoms with Gasteiger partial charge in [0.05, 0.1) is 12.7 Å². The summed E-state index contributed by atoms with van der Waals surface area (Å²) in [5.41, 5.74) is 2.53. The van der Waals surface area contributed by atoms with E-state index in [-0.39, 0.29) is 6.10 Å². The van der Waals surface area contributed by atoms with E-state index in [1.54, 1.807) is 12.1 Å². The zero-order valence-electron chi connectivity index (χ0n) is 19.0. The predicted octanol–water partition coefficient (Wildman–Crippen LogP) is 3.26. The first-order chi connectivity index (χ1) is 15.8. The number of hydrogen-bond donors (Lipinski definition) is 4. The molecule has 2 aliphatic rings. The summed E-state index contributed by atoms with van der Waals surface area (Å²) in [5, 5.41) is 40.6. The van der Waals surface area contributed by atoms with Gasteiger partial charge in [-0.05, 0) is 66.0 Å². The molecule has 33 heavy (non-hydrogen) atoms. The highest BCUT2D eigenvalue weighted by Crippen LogP contribution is 2.35. The minimum atomic E-state index is -1.42. The molecule has 2 aromatic rings. The van der Waals surface area contributed by atoms with Crippen molar-refractivity contribution in [3.8, 4) is 5.75 Å². The van der Waals surface area contributed by atoms with Gasteiger partial charge < -0.3 is 29.9 Å². The van der Waals surface area contributed by atoms with Crippen molar-refractivity contribution in [1.82, 2.24) is 0 Å². The van der Waals surface area contributed by atoms with Gasteiger partial charge in [-0.1, -0.05) is 49.7 Å². The van der Waals surface area contributed by atoms with E-state index in [0.29, 0.717) is 28.8 Å². The average molecular weight is 477 g/mol. The molecule has 0 bridgehead atoms. The fraction of sp³-hybridized carbons (Fsp3) is 0.538. The van der Waals surface area contributed by atoms with Crippen molar-refractivity contribution in [2.24, 2.45) is 11.8 Å². The second-order valence-electron chi connectivity index (χ2n) is 9.59. The Morgan fingerprint density at radius 1 is 0.939 bits per heavy atom. The second kappa shape index (κ2) is 10.3. The Labute approximate surface area is 199 Å². The Balaban J connectivity index is 1.46. The summed E-state index contributed by atoms with van der Waals surface area (Å²) in [6.45, 7) is 4.09. The largest absolute Gasteiger partial charge is 0.490 e. The first kappa shape index (κ1) is 24.5. The Morgan fingerprint density at radius 2 is 1.61 bits per heavy atom. The number of hydrogen-bond acceptors (Lipinski definition) is 6. The van der Waals surface area contributed by atoms with Gasteiger partial charge in [-0.3, -0.25) is 0 Å². The number of rotatable bonds is 6. The highest BCUT2D eigenvalue weighted by Gasteiger charge is 2.44. The lowest BCUT2D eigenvalue weighted by molar-refractivity contribution is -0.231. The van der Waals surface area contributed by atoms with E-state index in [9.17, 15) is 20.4 Å². The molecule has 2 fully saturated rings. The van der Waals surface area contributed by atoms with Crippen molar-refractivity contribution >= 4 is 11.6 Å². The molecule has 4 rings (SSSR count). The van der Waals surface area contributed by atoms with Gasteiger partial charge >= 0.3 is 0 Å². The van der Waals surface area contributed by atoms with E-state index in [0.717, 1.165) is 29.7 Å². The SMILES string of the molecule is C[C@@H]1C[C@@H](Oc2ccc(Cc3cc(C4O[C@H](CO)[C@@H](O)[C@H](O)[C@H]4O)ccc3Cl)cc2)C[C@@H]1C. The molecule has 7 heteroatoms. The maximum atomic E-state index is 10.4. The van der Waals surface area contributed by atoms with Crippen molar-refractivity contribution in [2.75, 3.05) is 6.61 Å². The highest BCUT2D eigenvalue weighted by atomic mass is 35.5. The number of ether oxygens (including phenoxy) is 2. The Bertz CT molecular complexity index is 923. The number of aliphatic hydroxyl groups excluding tert-OH is 4. The van der Waals surface area contributed by atoms with Crippen LogP contribution >= 0.6 is 11.6 Å². The maximum absolute atomic E-state index is 10.4. The zero-order valence-corrected chi connectivity index (χ0v) is 19.7. The van der Waals surface area contributed by atoms with Crippen LogP contribution in [0, 0.1) is 11.8 Å². The normalized spacial score (nSPS) is 34.4. The van der Waals surface area contributed by atoms with Crippen molar-refractivity contribution in [3.63, 3.8) is 0 Å². The third kappa shape index (κ3) is 5.37. The van der Waals surface area contributed by atoms with E-state index in [4.69, 9.17) is 21.1 Å². The van der Waals surface area contributed by atoms with Gasteiger partial charge in [-0.25, -0.2) is 0 Å². The topological polar surface area (TPSA) is 99.4 Å². The smallest absolute Gasteiger partial charge is 0.119 e. The van der Waals surface area contributed by atoms with Gasteiger partial charge in [0, 0.05) is 5.02 Å². The van der Waals surface area contributed by atoms with Crippen LogP contribution in [0.4, 0.5) is 0 Å². The van der Waals surface area contributed by atoms with Crippen LogP contribution in [-0.4, -0.2) is 57.6 Å². The molecule has 0 spiro atoms. The standard InChI is InChI=1S/C26H33ClO6/c1-14-9-20(10-15(14)2)32-19-6-3-16(4-7-19)11-18-12-17(5-8-21(18)27)26-25(31)24(30)23(29)22(13-28)33-26/h3-8,12,14-15,20,22-26,28-31H,9-11,13H2,1-2H3/t14-,15+,20-,22-,23-,24+,25-,26?/m1/s1. The molecule has 0 aromatic heterocycles. The first-order valence-electron chi connectivity index (χ1n) is 11.6. The van der Waals surface area contributed by atoms with Crippen LogP contribution < -0.4 is 4.74 Å². The van der Waals surface area contributed by atoms with E-state index < -0.39 is 37.1 Å². The van der Waals surface area contributed by atoms with Gasteiger partial charge in [0.2, 0.25) is 0 Å². The van der Waals surface area contributed by atoms with Gasteiger partial charge in [0.25, 0.3) is 0 Å². The third-order valence-electron chi connectivity index (χ3n) is 7.15. The molecular weight excluding hydrogens is 444 g/mol. The van der Waals surface area contributed by atoms with Gasteiger partial charge in [-0.2, -0.15) is 0 Å². The van der Waals surface area contributed by atoms with Gasteiger partial charge in [0.15, 0.2) is 0 Å². The summed E-state index contributed by atoms with van der Waals surface area (Å²) >= 11 is 6.44. The fourth-order valence-corrected chi connectivity index (χ4v) is 5.05. The molecule has 0 amide bonds. The molecule has 0 radical (unpaired) electrons. The Kier molecular flexibility index (Phi) is 7.63. The van der Waals surface area contributed by atoms with Crippen LogP contribution in [0.5, 0.6) is 5.75 Å². The molecule has 2 aromatic carbocycles. The van der Waals surface area contributed by atoms with Crippen LogP contribution in [0.3, 0.4) is 0 Å². The number of benzene rings is 2. The minimum absolute atomic E-state index is 0.269. The highest BCUT2D eigenvalue weighted by molar-refractivity contribution is 6.31. The molecule has 1 saturated heterocycles. The van der Waals surface area contributed by atoms with Crippen LogP contribution in [-0.2, 0) is 11.2 Å². The molecule has 180 valence electrons. The Morgan fingerprint density at radius 3 is 2.24 bits per heavy atom. The molecule has 1 aliphatic heterocycles. The monoisotopic (exact) mass is 476 g/mol. The van der Waals surface area contributed by atoms with Crippen molar-refractivity contribution in [2.45, 2.75) is 69.7 Å². The van der Waals surface area contributed by atoms with Crippen molar-refractivity contribution < 1.29 is 29.9 Å². The zero-order chi connectivity index (χ0) is 23.7. The summed E-state index contributed by atoms with van der Waals surface area (Å²) in [6, 6.07) is 13.3. The molecule has 8 atom stereocenters. The Hall–Kier alpha value is -1.67. The lowest BCUT2D eigenvalue weighted by Crippen LogP contribution is -2.55. The second-order valence-corrected chi connectivity index (χ2v) is 9.99. The van der Waals surface area contributed by atoms with E-state index in [2.05, 4.69) is 13.8 Å². The van der Waals surface area contributed by atoms with E-state index in [1.165, 1.54) is 0 Å². The third-order valence-corrected chi connectivity index (χ3v) is 7.52. The molecule has 4 N–H and O–H groups in total. The summed E-state index contributed by atoms with van der Waals surface area (Å²) in [5.74, 6) is 2.24. The van der Waals surface area contributed by atoms with Gasteiger partial charge in [-0.15, -0.1) is 0 Å². The van der Waals surface area contributed by atoms with Crippen LogP contribution in [0.25, 0.3) is 0 Å². The molecule has 1 unspecified atom stereocenters. The van der Waals surface area contributed by atoms with E-state index in [1.807, 2.05) is 30.3 Å². The molecular formula is C26H33ClO6. The summed E-state index contributed by atoms with van der Waals surface area (Å²) in [6.07, 6.45) is -2.95. The average Bonchev–Trinajstić information content (AvgIpc) is 3.12. The first-order valence-corrected chi connectivity index (χ1v) is 12.0. The number of aliphatic hydroxyl groups is 4. The fourth-order valence-electron chi connectivity index (χ4n) is 4.87. The maximum Gasteiger partial charge on any atom is 0.119 e. The summed E-state index contributed by atoms with van der Waals surface area (Å²) in [7, 11) is 0. The lowest BCUT2D eigenvalue weighted by atomic mass is 9.90. The molecule has 6 nitrogen and oxygen atoms in total. The predicted molar refractivity (Wildman–Crippen MR) is 125 cm³/mol. The quantitative estimate of drug-likeness (QED) is 0.510. The van der Waals surface area contributed by atoms with Gasteiger partial charge in [0.1, 0.15) is 36.3 Å².